The lowest BCUT2D eigenvalue weighted by atomic mass is 10.2. The molecule has 1 atom stereocenters. The summed E-state index contributed by atoms with van der Waals surface area (Å²) < 4.78 is 0. The Balaban J connectivity index is 1.80. The lowest BCUT2D eigenvalue weighted by Gasteiger charge is -2.44. The first-order chi connectivity index (χ1) is 13.0. The minimum atomic E-state index is -0.110. The fourth-order valence-corrected chi connectivity index (χ4v) is 3.42. The summed E-state index contributed by atoms with van der Waals surface area (Å²) in [5, 5.41) is 21.4. The molecule has 1 heterocycles. The van der Waals surface area contributed by atoms with Crippen molar-refractivity contribution < 1.29 is 0 Å². The van der Waals surface area contributed by atoms with E-state index in [9.17, 15) is 0 Å². The van der Waals surface area contributed by atoms with Crippen LogP contribution in [0, 0.1) is 11.3 Å². The molecule has 1 aliphatic rings. The van der Waals surface area contributed by atoms with Gasteiger partial charge in [0.2, 0.25) is 0 Å². The van der Waals surface area contributed by atoms with Crippen LogP contribution in [0.3, 0.4) is 0 Å². The van der Waals surface area contributed by atoms with Gasteiger partial charge >= 0.3 is 0 Å². The minimum absolute atomic E-state index is 0.110. The molecular weight excluding hydrogens is 383 g/mol. The highest BCUT2D eigenvalue weighted by Gasteiger charge is 2.28. The van der Waals surface area contributed by atoms with Crippen molar-refractivity contribution in [2.24, 2.45) is 0 Å². The van der Waals surface area contributed by atoms with Gasteiger partial charge in [-0.3, -0.25) is 10.2 Å². The van der Waals surface area contributed by atoms with E-state index in [0.29, 0.717) is 35.5 Å². The van der Waals surface area contributed by atoms with E-state index < -0.39 is 0 Å². The molecule has 3 rings (SSSR count). The number of nitrogens with zero attached hydrogens (tertiary/aromatic N) is 4. The van der Waals surface area contributed by atoms with Gasteiger partial charge in [-0.05, 0) is 36.4 Å². The second kappa shape index (κ2) is 8.89. The van der Waals surface area contributed by atoms with Gasteiger partial charge in [0.05, 0.1) is 25.0 Å². The second-order valence-electron chi connectivity index (χ2n) is 6.54. The molecule has 0 spiro atoms. The average Bonchev–Trinajstić information content (AvgIpc) is 2.66. The van der Waals surface area contributed by atoms with E-state index in [1.54, 1.807) is 12.1 Å². The average molecular weight is 405 g/mol. The van der Waals surface area contributed by atoms with Gasteiger partial charge in [0.15, 0.2) is 0 Å². The molecule has 0 bridgehead atoms. The van der Waals surface area contributed by atoms with Crippen LogP contribution in [0.1, 0.15) is 11.1 Å². The fraction of sp³-hybridized carbons (Fsp3) is 0.316. The molecule has 2 N–H and O–H groups in total. The molecule has 2 aromatic carbocycles. The first-order valence-electron chi connectivity index (χ1n) is 8.57. The Labute approximate surface area is 169 Å². The zero-order valence-corrected chi connectivity index (χ0v) is 16.8. The number of halogens is 2. The summed E-state index contributed by atoms with van der Waals surface area (Å²) in [6, 6.07) is 15.1. The molecule has 6 nitrogen and oxygen atoms in total. The highest BCUT2D eigenvalue weighted by Crippen LogP contribution is 2.27. The van der Waals surface area contributed by atoms with E-state index in [4.69, 9.17) is 28.5 Å². The van der Waals surface area contributed by atoms with Crippen molar-refractivity contribution in [2.75, 3.05) is 32.7 Å². The van der Waals surface area contributed by atoms with Crippen LogP contribution < -0.4 is 10.6 Å². The predicted molar refractivity (Wildman–Crippen MR) is 109 cm³/mol. The summed E-state index contributed by atoms with van der Waals surface area (Å²) in [7, 11) is 4.02. The lowest BCUT2D eigenvalue weighted by molar-refractivity contribution is -0.0869. The van der Waals surface area contributed by atoms with Crippen molar-refractivity contribution in [3.05, 3.63) is 63.6 Å². The van der Waals surface area contributed by atoms with Crippen LogP contribution in [-0.2, 0) is 6.54 Å². The molecule has 1 fully saturated rings. The zero-order valence-electron chi connectivity index (χ0n) is 15.3. The normalized spacial score (nSPS) is 18.4. The van der Waals surface area contributed by atoms with Crippen LogP contribution in [0.4, 0.5) is 5.69 Å². The first-order valence-corrected chi connectivity index (χ1v) is 9.32. The largest absolute Gasteiger partial charge is 0.357 e. The molecule has 142 valence electrons. The number of anilines is 1. The third-order valence-corrected chi connectivity index (χ3v) is 5.19. The number of hydrazine groups is 1. The summed E-state index contributed by atoms with van der Waals surface area (Å²) in [5.74, 6) is 0. The maximum Gasteiger partial charge on any atom is 0.137 e. The number of nitriles is 1. The molecule has 27 heavy (non-hydrogen) atoms. The summed E-state index contributed by atoms with van der Waals surface area (Å²) in [4.78, 5) is 2.22. The Kier molecular flexibility index (Phi) is 6.55. The van der Waals surface area contributed by atoms with Crippen molar-refractivity contribution in [1.29, 1.82) is 5.26 Å². The van der Waals surface area contributed by atoms with Crippen molar-refractivity contribution in [2.45, 2.75) is 12.8 Å². The van der Waals surface area contributed by atoms with Gasteiger partial charge in [-0.15, -0.1) is 0 Å². The fourth-order valence-electron chi connectivity index (χ4n) is 2.90. The van der Waals surface area contributed by atoms with E-state index >= 15 is 0 Å². The van der Waals surface area contributed by atoms with Crippen molar-refractivity contribution in [3.8, 4) is 6.07 Å². The first kappa shape index (κ1) is 19.9. The van der Waals surface area contributed by atoms with Gasteiger partial charge in [-0.1, -0.05) is 29.3 Å². The van der Waals surface area contributed by atoms with Crippen LogP contribution in [0.15, 0.2) is 42.5 Å². The number of hydrogen-bond donors (Lipinski definition) is 2. The van der Waals surface area contributed by atoms with E-state index in [2.05, 4.69) is 26.6 Å². The lowest BCUT2D eigenvalue weighted by Crippen LogP contribution is -2.64. The third kappa shape index (κ3) is 4.90. The molecular formula is C19H22Cl2N6. The SMILES string of the molecule is CN(C)N1CNC(Nc2ccc(C#N)cc2)N(Cc2c(Cl)cccc2Cl)C1. The van der Waals surface area contributed by atoms with E-state index in [0.717, 1.165) is 11.3 Å². The maximum atomic E-state index is 8.96. The van der Waals surface area contributed by atoms with Gasteiger partial charge in [-0.25, -0.2) is 10.0 Å². The number of benzene rings is 2. The Hall–Kier alpha value is -1.85. The smallest absolute Gasteiger partial charge is 0.137 e. The van der Waals surface area contributed by atoms with Gasteiger partial charge < -0.3 is 5.32 Å². The quantitative estimate of drug-likeness (QED) is 0.796. The summed E-state index contributed by atoms with van der Waals surface area (Å²) >= 11 is 12.8. The highest BCUT2D eigenvalue weighted by molar-refractivity contribution is 6.35. The Morgan fingerprint density at radius 2 is 1.85 bits per heavy atom. The summed E-state index contributed by atoms with van der Waals surface area (Å²) in [6.45, 7) is 1.99. The predicted octanol–water partition coefficient (Wildman–Crippen LogP) is 3.36. The van der Waals surface area contributed by atoms with Gasteiger partial charge in [-0.2, -0.15) is 5.26 Å². The molecule has 1 aliphatic heterocycles. The monoisotopic (exact) mass is 404 g/mol. The summed E-state index contributed by atoms with van der Waals surface area (Å²) in [5.41, 5.74) is 2.46. The van der Waals surface area contributed by atoms with Crippen LogP contribution in [-0.4, -0.2) is 48.6 Å². The van der Waals surface area contributed by atoms with E-state index in [1.165, 1.54) is 0 Å². The highest BCUT2D eigenvalue weighted by atomic mass is 35.5. The molecule has 2 aromatic rings. The number of hydrogen-bond acceptors (Lipinski definition) is 6. The molecule has 0 saturated carbocycles. The number of rotatable bonds is 5. The second-order valence-corrected chi connectivity index (χ2v) is 7.35. The standard InChI is InChI=1S/C19H22Cl2N6/c1-25(2)27-12-23-19(24-15-8-6-14(10-22)7-9-15)26(13-27)11-16-17(20)4-3-5-18(16)21/h3-9,19,23-24H,11-13H2,1-2H3. The molecule has 0 aromatic heterocycles. The van der Waals surface area contributed by atoms with Crippen molar-refractivity contribution >= 4 is 28.9 Å². The zero-order chi connectivity index (χ0) is 19.4. The molecule has 8 heteroatoms. The Bertz CT molecular complexity index is 798. The van der Waals surface area contributed by atoms with E-state index in [-0.39, 0.29) is 6.29 Å². The van der Waals surface area contributed by atoms with Crippen molar-refractivity contribution in [3.63, 3.8) is 0 Å². The van der Waals surface area contributed by atoms with Gasteiger partial charge in [0, 0.05) is 41.9 Å². The maximum absolute atomic E-state index is 8.96. The molecule has 0 amide bonds. The van der Waals surface area contributed by atoms with Crippen molar-refractivity contribution in [1.82, 2.24) is 20.2 Å². The molecule has 0 aliphatic carbocycles. The van der Waals surface area contributed by atoms with Crippen LogP contribution in [0.25, 0.3) is 0 Å². The van der Waals surface area contributed by atoms with Gasteiger partial charge in [0.25, 0.3) is 0 Å². The Morgan fingerprint density at radius 1 is 1.19 bits per heavy atom. The summed E-state index contributed by atoms with van der Waals surface area (Å²) in [6.07, 6.45) is -0.110. The molecule has 0 radical (unpaired) electrons. The molecule has 1 saturated heterocycles. The third-order valence-electron chi connectivity index (χ3n) is 4.48. The van der Waals surface area contributed by atoms with Crippen LogP contribution in [0.5, 0.6) is 0 Å². The van der Waals surface area contributed by atoms with Gasteiger partial charge in [0.1, 0.15) is 6.29 Å². The number of nitrogens with one attached hydrogen (secondary N) is 2. The Morgan fingerprint density at radius 3 is 2.44 bits per heavy atom. The van der Waals surface area contributed by atoms with Crippen LogP contribution >= 0.6 is 23.2 Å². The van der Waals surface area contributed by atoms with Crippen LogP contribution in [0.2, 0.25) is 10.0 Å². The topological polar surface area (TPSA) is 57.6 Å². The molecule has 1 unspecified atom stereocenters. The minimum Gasteiger partial charge on any atom is -0.357 e. The van der Waals surface area contributed by atoms with E-state index in [1.807, 2.05) is 49.4 Å².